The van der Waals surface area contributed by atoms with Crippen LogP contribution in [0.5, 0.6) is 0 Å². The van der Waals surface area contributed by atoms with Crippen molar-refractivity contribution in [3.8, 4) is 0 Å². The van der Waals surface area contributed by atoms with Crippen molar-refractivity contribution < 1.29 is 29.3 Å². The Morgan fingerprint density at radius 1 is 1.28 bits per heavy atom. The molecule has 32 heavy (non-hydrogen) atoms. The quantitative estimate of drug-likeness (QED) is 0.120. The Hall–Kier alpha value is -3.16. The number of hydrogen-bond acceptors (Lipinski definition) is 7. The summed E-state index contributed by atoms with van der Waals surface area (Å²) in [6, 6.07) is -3.00. The van der Waals surface area contributed by atoms with Gasteiger partial charge in [0.1, 0.15) is 17.2 Å². The second-order valence-electron chi connectivity index (χ2n) is 7.99. The molecule has 1 fully saturated rings. The SMILES string of the molecule is CC(C)COC(=O)N[C@H](CO)C(=O)N[C@@H](C)C(=O)NC1CCCN(/C(N)=N/[N+](=O)[O-])C1C. The number of amides is 3. The van der Waals surface area contributed by atoms with Crippen molar-refractivity contribution in [2.45, 2.75) is 64.7 Å². The molecule has 1 saturated heterocycles. The Labute approximate surface area is 186 Å². The predicted molar refractivity (Wildman–Crippen MR) is 114 cm³/mol. The van der Waals surface area contributed by atoms with Crippen molar-refractivity contribution in [2.24, 2.45) is 16.8 Å². The molecule has 0 aromatic heterocycles. The molecule has 2 unspecified atom stereocenters. The lowest BCUT2D eigenvalue weighted by atomic mass is 9.97. The van der Waals surface area contributed by atoms with Gasteiger partial charge in [-0.25, -0.2) is 14.9 Å². The van der Waals surface area contributed by atoms with Gasteiger partial charge in [-0.1, -0.05) is 13.8 Å². The number of alkyl carbamates (subject to hydrolysis) is 1. The normalized spacial score (nSPS) is 20.8. The first-order chi connectivity index (χ1) is 15.0. The van der Waals surface area contributed by atoms with Gasteiger partial charge in [0.25, 0.3) is 5.96 Å². The number of likely N-dealkylation sites (tertiary alicyclic amines) is 1. The molecule has 0 saturated carbocycles. The number of ether oxygens (including phenoxy) is 1. The topological polar surface area (TPSA) is 202 Å². The summed E-state index contributed by atoms with van der Waals surface area (Å²) in [7, 11) is 0. The molecule has 3 amide bonds. The fraction of sp³-hybridized carbons (Fsp3) is 0.778. The van der Waals surface area contributed by atoms with Crippen LogP contribution in [0.4, 0.5) is 4.79 Å². The number of aliphatic hydroxyl groups is 1. The zero-order valence-corrected chi connectivity index (χ0v) is 18.7. The van der Waals surface area contributed by atoms with Crippen molar-refractivity contribution in [2.75, 3.05) is 19.8 Å². The Morgan fingerprint density at radius 2 is 1.94 bits per heavy atom. The summed E-state index contributed by atoms with van der Waals surface area (Å²) < 4.78 is 4.92. The number of rotatable bonds is 9. The molecule has 1 rings (SSSR count). The van der Waals surface area contributed by atoms with Crippen LogP contribution in [0.15, 0.2) is 5.10 Å². The third-order valence-corrected chi connectivity index (χ3v) is 4.89. The third-order valence-electron chi connectivity index (χ3n) is 4.89. The zero-order valence-electron chi connectivity index (χ0n) is 18.7. The van der Waals surface area contributed by atoms with Crippen LogP contribution in [0.3, 0.4) is 0 Å². The van der Waals surface area contributed by atoms with Crippen molar-refractivity contribution >= 4 is 23.9 Å². The molecule has 0 aromatic rings. The highest BCUT2D eigenvalue weighted by molar-refractivity contribution is 5.91. The molecular formula is C18H33N7O7. The van der Waals surface area contributed by atoms with E-state index in [1.807, 2.05) is 13.8 Å². The van der Waals surface area contributed by atoms with Gasteiger partial charge in [-0.05, 0) is 32.6 Å². The highest BCUT2D eigenvalue weighted by Crippen LogP contribution is 2.17. The van der Waals surface area contributed by atoms with Gasteiger partial charge in [0.2, 0.25) is 11.8 Å². The standard InChI is InChI=1S/C18H33N7O7/c1-10(2)9-32-18(29)22-14(8-26)16(28)20-11(3)15(27)21-13-6-5-7-24(12(13)4)17(19)23-25(30)31/h10-14,26H,5-9H2,1-4H3,(H2,19,23)(H,20,28)(H,21,27)(H,22,29)/t11-,12?,13?,14+/m0/s1. The number of hydrazone groups is 1. The minimum atomic E-state index is -1.29. The van der Waals surface area contributed by atoms with Crippen LogP contribution in [0, 0.1) is 16.0 Å². The first-order valence-electron chi connectivity index (χ1n) is 10.4. The molecule has 14 heteroatoms. The smallest absolute Gasteiger partial charge is 0.407 e. The molecule has 1 heterocycles. The summed E-state index contributed by atoms with van der Waals surface area (Å²) in [6.07, 6.45) is 0.382. The minimum Gasteiger partial charge on any atom is -0.449 e. The van der Waals surface area contributed by atoms with E-state index in [4.69, 9.17) is 10.5 Å². The maximum absolute atomic E-state index is 12.6. The number of guanidine groups is 1. The van der Waals surface area contributed by atoms with Crippen LogP contribution in [0.25, 0.3) is 0 Å². The van der Waals surface area contributed by atoms with Gasteiger partial charge >= 0.3 is 6.09 Å². The molecule has 4 atom stereocenters. The number of nitrogens with one attached hydrogen (secondary N) is 3. The summed E-state index contributed by atoms with van der Waals surface area (Å²) in [4.78, 5) is 48.7. The van der Waals surface area contributed by atoms with Crippen LogP contribution < -0.4 is 21.7 Å². The number of carbonyl (C=O) groups is 3. The van der Waals surface area contributed by atoms with Gasteiger partial charge in [-0.15, -0.1) is 0 Å². The highest BCUT2D eigenvalue weighted by Gasteiger charge is 2.33. The van der Waals surface area contributed by atoms with Crippen LogP contribution in [-0.2, 0) is 14.3 Å². The molecule has 0 spiro atoms. The molecule has 0 radical (unpaired) electrons. The van der Waals surface area contributed by atoms with Gasteiger partial charge in [0.15, 0.2) is 5.03 Å². The fourth-order valence-corrected chi connectivity index (χ4v) is 3.11. The van der Waals surface area contributed by atoms with E-state index in [0.717, 1.165) is 0 Å². The molecule has 1 aliphatic heterocycles. The minimum absolute atomic E-state index is 0.102. The summed E-state index contributed by atoms with van der Waals surface area (Å²) in [5.41, 5.74) is 5.68. The number of aliphatic hydroxyl groups excluding tert-OH is 1. The van der Waals surface area contributed by atoms with Crippen molar-refractivity contribution in [3.63, 3.8) is 0 Å². The molecule has 182 valence electrons. The number of hydrogen-bond donors (Lipinski definition) is 5. The maximum atomic E-state index is 12.6. The van der Waals surface area contributed by atoms with Gasteiger partial charge in [0.05, 0.1) is 13.2 Å². The van der Waals surface area contributed by atoms with Gasteiger partial charge in [-0.2, -0.15) is 0 Å². The monoisotopic (exact) mass is 459 g/mol. The van der Waals surface area contributed by atoms with E-state index >= 15 is 0 Å². The number of nitrogens with two attached hydrogens (primary N) is 1. The molecular weight excluding hydrogens is 426 g/mol. The Balaban J connectivity index is 2.64. The first kappa shape index (κ1) is 26.9. The Morgan fingerprint density at radius 3 is 2.50 bits per heavy atom. The second kappa shape index (κ2) is 12.6. The number of nitrogens with zero attached hydrogens (tertiary/aromatic N) is 3. The lowest BCUT2D eigenvalue weighted by Gasteiger charge is -2.39. The fourth-order valence-electron chi connectivity index (χ4n) is 3.11. The van der Waals surface area contributed by atoms with E-state index in [1.165, 1.54) is 11.8 Å². The summed E-state index contributed by atoms with van der Waals surface area (Å²) in [5, 5.41) is 29.7. The summed E-state index contributed by atoms with van der Waals surface area (Å²) >= 11 is 0. The Bertz CT molecular complexity index is 716. The average Bonchev–Trinajstić information content (AvgIpc) is 2.71. The van der Waals surface area contributed by atoms with Crippen LogP contribution in [-0.4, -0.2) is 82.8 Å². The molecule has 0 bridgehead atoms. The van der Waals surface area contributed by atoms with E-state index in [2.05, 4.69) is 21.1 Å². The lowest BCUT2D eigenvalue weighted by Crippen LogP contribution is -2.60. The molecule has 6 N–H and O–H groups in total. The van der Waals surface area contributed by atoms with E-state index in [-0.39, 0.29) is 30.6 Å². The van der Waals surface area contributed by atoms with E-state index in [0.29, 0.717) is 19.4 Å². The van der Waals surface area contributed by atoms with Crippen LogP contribution >= 0.6 is 0 Å². The summed E-state index contributed by atoms with van der Waals surface area (Å²) in [5.74, 6) is -1.40. The van der Waals surface area contributed by atoms with Crippen molar-refractivity contribution in [1.29, 1.82) is 0 Å². The summed E-state index contributed by atoms with van der Waals surface area (Å²) in [6.45, 7) is 6.83. The van der Waals surface area contributed by atoms with Crippen LogP contribution in [0.2, 0.25) is 0 Å². The second-order valence-corrected chi connectivity index (χ2v) is 7.99. The predicted octanol–water partition coefficient (Wildman–Crippen LogP) is -1.29. The molecule has 1 aliphatic rings. The van der Waals surface area contributed by atoms with E-state index < -0.39 is 41.6 Å². The molecule has 0 aliphatic carbocycles. The number of nitro groups is 1. The molecule has 0 aromatic carbocycles. The van der Waals surface area contributed by atoms with Crippen LogP contribution in [0.1, 0.15) is 40.5 Å². The van der Waals surface area contributed by atoms with Gasteiger partial charge < -0.3 is 36.4 Å². The number of carbonyl (C=O) groups excluding carboxylic acids is 3. The van der Waals surface area contributed by atoms with Gasteiger partial charge in [-0.3, -0.25) is 9.59 Å². The van der Waals surface area contributed by atoms with Crippen molar-refractivity contribution in [1.82, 2.24) is 20.9 Å². The largest absolute Gasteiger partial charge is 0.449 e. The van der Waals surface area contributed by atoms with E-state index in [9.17, 15) is 29.6 Å². The Kier molecular flexibility index (Phi) is 10.6. The zero-order chi connectivity index (χ0) is 24.4. The highest BCUT2D eigenvalue weighted by atomic mass is 16.7. The first-order valence-corrected chi connectivity index (χ1v) is 10.4. The maximum Gasteiger partial charge on any atom is 0.407 e. The average molecular weight is 460 g/mol. The van der Waals surface area contributed by atoms with E-state index in [1.54, 1.807) is 6.92 Å². The number of piperidine rings is 1. The van der Waals surface area contributed by atoms with Crippen molar-refractivity contribution in [3.05, 3.63) is 10.1 Å². The third kappa shape index (κ3) is 8.53. The lowest BCUT2D eigenvalue weighted by molar-refractivity contribution is -0.485. The van der Waals surface area contributed by atoms with Gasteiger partial charge in [0, 0.05) is 18.6 Å². The molecule has 14 nitrogen and oxygen atoms in total.